The van der Waals surface area contributed by atoms with Crippen LogP contribution in [0.1, 0.15) is 60.1 Å². The molecular formula is C21H25NO2. The first kappa shape index (κ1) is 16.6. The fourth-order valence-electron chi connectivity index (χ4n) is 3.18. The number of hydrogen-bond acceptors (Lipinski definition) is 2. The van der Waals surface area contributed by atoms with Crippen LogP contribution in [0.5, 0.6) is 5.75 Å². The molecule has 1 aliphatic rings. The second kappa shape index (κ2) is 8.00. The summed E-state index contributed by atoms with van der Waals surface area (Å²) >= 11 is 0. The number of fused-ring (bicyclic) bond motifs is 1. The Morgan fingerprint density at radius 3 is 2.75 bits per heavy atom. The summed E-state index contributed by atoms with van der Waals surface area (Å²) in [6.07, 6.45) is 5.38. The monoisotopic (exact) mass is 323 g/mol. The van der Waals surface area contributed by atoms with Crippen molar-refractivity contribution in [1.82, 2.24) is 5.32 Å². The van der Waals surface area contributed by atoms with Gasteiger partial charge in [0, 0.05) is 5.56 Å². The minimum Gasteiger partial charge on any atom is -0.494 e. The van der Waals surface area contributed by atoms with Gasteiger partial charge in [-0.25, -0.2) is 0 Å². The number of unbranched alkanes of at least 4 members (excludes halogenated alkanes) is 1. The SMILES string of the molecule is CCCCOc1ccc(C(=O)NC2CCCc3ccccc32)cc1. The molecule has 2 aromatic carbocycles. The molecule has 3 nitrogen and oxygen atoms in total. The van der Waals surface area contributed by atoms with Gasteiger partial charge >= 0.3 is 0 Å². The lowest BCUT2D eigenvalue weighted by Crippen LogP contribution is -2.30. The van der Waals surface area contributed by atoms with Crippen molar-refractivity contribution in [2.75, 3.05) is 6.61 Å². The largest absolute Gasteiger partial charge is 0.494 e. The molecular weight excluding hydrogens is 298 g/mol. The molecule has 0 aromatic heterocycles. The van der Waals surface area contributed by atoms with E-state index in [1.54, 1.807) is 0 Å². The summed E-state index contributed by atoms with van der Waals surface area (Å²) in [5.41, 5.74) is 3.30. The molecule has 0 fully saturated rings. The Morgan fingerprint density at radius 2 is 1.96 bits per heavy atom. The van der Waals surface area contributed by atoms with Crippen LogP contribution in [0.3, 0.4) is 0 Å². The molecule has 126 valence electrons. The van der Waals surface area contributed by atoms with Crippen LogP contribution in [0.2, 0.25) is 0 Å². The average molecular weight is 323 g/mol. The van der Waals surface area contributed by atoms with Crippen LogP contribution in [0.15, 0.2) is 48.5 Å². The predicted octanol–water partition coefficient (Wildman–Crippen LogP) is 4.67. The van der Waals surface area contributed by atoms with Crippen LogP contribution >= 0.6 is 0 Å². The molecule has 0 bridgehead atoms. The van der Waals surface area contributed by atoms with E-state index in [9.17, 15) is 4.79 Å². The Kier molecular flexibility index (Phi) is 5.52. The van der Waals surface area contributed by atoms with Gasteiger partial charge in [0.2, 0.25) is 0 Å². The zero-order valence-corrected chi connectivity index (χ0v) is 14.3. The third-order valence-electron chi connectivity index (χ3n) is 4.56. The smallest absolute Gasteiger partial charge is 0.251 e. The lowest BCUT2D eigenvalue weighted by atomic mass is 9.87. The normalized spacial score (nSPS) is 16.3. The van der Waals surface area contributed by atoms with E-state index < -0.39 is 0 Å². The molecule has 1 atom stereocenters. The zero-order valence-electron chi connectivity index (χ0n) is 14.3. The lowest BCUT2D eigenvalue weighted by Gasteiger charge is -2.26. The summed E-state index contributed by atoms with van der Waals surface area (Å²) in [5.74, 6) is 0.805. The van der Waals surface area contributed by atoms with Crippen LogP contribution in [0, 0.1) is 0 Å². The van der Waals surface area contributed by atoms with E-state index in [0.29, 0.717) is 5.56 Å². The molecule has 0 aliphatic heterocycles. The number of amides is 1. The van der Waals surface area contributed by atoms with Crippen LogP contribution in [-0.4, -0.2) is 12.5 Å². The molecule has 2 aromatic rings. The van der Waals surface area contributed by atoms with Crippen molar-refractivity contribution in [2.24, 2.45) is 0 Å². The minimum absolute atomic E-state index is 0.0168. The number of carbonyl (C=O) groups excluding carboxylic acids is 1. The molecule has 0 spiro atoms. The Morgan fingerprint density at radius 1 is 1.17 bits per heavy atom. The Hall–Kier alpha value is -2.29. The van der Waals surface area contributed by atoms with Gasteiger partial charge in [-0.3, -0.25) is 4.79 Å². The molecule has 0 radical (unpaired) electrons. The van der Waals surface area contributed by atoms with Gasteiger partial charge in [0.1, 0.15) is 5.75 Å². The molecule has 0 saturated carbocycles. The predicted molar refractivity (Wildman–Crippen MR) is 96.4 cm³/mol. The number of hydrogen-bond donors (Lipinski definition) is 1. The Bertz CT molecular complexity index is 678. The van der Waals surface area contributed by atoms with Gasteiger partial charge < -0.3 is 10.1 Å². The number of benzene rings is 2. The van der Waals surface area contributed by atoms with Gasteiger partial charge in [0.05, 0.1) is 12.6 Å². The van der Waals surface area contributed by atoms with Gasteiger partial charge in [0.25, 0.3) is 5.91 Å². The standard InChI is InChI=1S/C21H25NO2/c1-2-3-15-24-18-13-11-17(12-14-18)21(23)22-20-10-6-8-16-7-4-5-9-19(16)20/h4-5,7,9,11-14,20H,2-3,6,8,10,15H2,1H3,(H,22,23). The minimum atomic E-state index is -0.0168. The summed E-state index contributed by atoms with van der Waals surface area (Å²) in [6, 6.07) is 15.9. The van der Waals surface area contributed by atoms with E-state index >= 15 is 0 Å². The first-order valence-corrected chi connectivity index (χ1v) is 8.89. The molecule has 1 aliphatic carbocycles. The fraction of sp³-hybridized carbons (Fsp3) is 0.381. The molecule has 1 amide bonds. The maximum atomic E-state index is 12.5. The highest BCUT2D eigenvalue weighted by Gasteiger charge is 2.21. The van der Waals surface area contributed by atoms with Crippen molar-refractivity contribution in [3.8, 4) is 5.75 Å². The van der Waals surface area contributed by atoms with E-state index in [1.807, 2.05) is 30.3 Å². The van der Waals surface area contributed by atoms with E-state index in [0.717, 1.165) is 44.5 Å². The molecule has 24 heavy (non-hydrogen) atoms. The number of rotatable bonds is 6. The second-order valence-electron chi connectivity index (χ2n) is 6.34. The Balaban J connectivity index is 1.63. The summed E-state index contributed by atoms with van der Waals surface area (Å²) in [6.45, 7) is 2.86. The van der Waals surface area contributed by atoms with Crippen molar-refractivity contribution < 1.29 is 9.53 Å². The maximum absolute atomic E-state index is 12.5. The quantitative estimate of drug-likeness (QED) is 0.784. The van der Waals surface area contributed by atoms with Crippen LogP contribution in [0.4, 0.5) is 0 Å². The van der Waals surface area contributed by atoms with E-state index in [4.69, 9.17) is 4.74 Å². The van der Waals surface area contributed by atoms with Gasteiger partial charge in [-0.1, -0.05) is 37.6 Å². The van der Waals surface area contributed by atoms with E-state index in [2.05, 4.69) is 30.4 Å². The van der Waals surface area contributed by atoms with Crippen molar-refractivity contribution in [2.45, 2.75) is 45.1 Å². The first-order chi connectivity index (χ1) is 11.8. The van der Waals surface area contributed by atoms with Crippen molar-refractivity contribution in [3.63, 3.8) is 0 Å². The summed E-state index contributed by atoms with van der Waals surface area (Å²) in [5, 5.41) is 3.18. The maximum Gasteiger partial charge on any atom is 0.251 e. The highest BCUT2D eigenvalue weighted by Crippen LogP contribution is 2.29. The molecule has 0 saturated heterocycles. The summed E-state index contributed by atoms with van der Waals surface area (Å²) < 4.78 is 5.65. The highest BCUT2D eigenvalue weighted by atomic mass is 16.5. The summed E-state index contributed by atoms with van der Waals surface area (Å²) in [4.78, 5) is 12.5. The Labute approximate surface area is 144 Å². The number of nitrogens with one attached hydrogen (secondary N) is 1. The van der Waals surface area contributed by atoms with E-state index in [1.165, 1.54) is 11.1 Å². The number of ether oxygens (including phenoxy) is 1. The van der Waals surface area contributed by atoms with Gasteiger partial charge in [-0.15, -0.1) is 0 Å². The third kappa shape index (κ3) is 3.97. The highest BCUT2D eigenvalue weighted by molar-refractivity contribution is 5.94. The molecule has 1 N–H and O–H groups in total. The van der Waals surface area contributed by atoms with E-state index in [-0.39, 0.29) is 11.9 Å². The lowest BCUT2D eigenvalue weighted by molar-refractivity contribution is 0.0932. The second-order valence-corrected chi connectivity index (χ2v) is 6.34. The van der Waals surface area contributed by atoms with Crippen LogP contribution in [-0.2, 0) is 6.42 Å². The number of carbonyl (C=O) groups is 1. The average Bonchev–Trinajstić information content (AvgIpc) is 2.63. The summed E-state index contributed by atoms with van der Waals surface area (Å²) in [7, 11) is 0. The fourth-order valence-corrected chi connectivity index (χ4v) is 3.18. The third-order valence-corrected chi connectivity index (χ3v) is 4.56. The molecule has 0 heterocycles. The van der Waals surface area contributed by atoms with Crippen molar-refractivity contribution >= 4 is 5.91 Å². The van der Waals surface area contributed by atoms with Gasteiger partial charge in [-0.05, 0) is 61.1 Å². The zero-order chi connectivity index (χ0) is 16.8. The van der Waals surface area contributed by atoms with Crippen molar-refractivity contribution in [3.05, 3.63) is 65.2 Å². The van der Waals surface area contributed by atoms with Gasteiger partial charge in [0.15, 0.2) is 0 Å². The van der Waals surface area contributed by atoms with Crippen LogP contribution in [0.25, 0.3) is 0 Å². The molecule has 3 rings (SSSR count). The van der Waals surface area contributed by atoms with Crippen molar-refractivity contribution in [1.29, 1.82) is 0 Å². The topological polar surface area (TPSA) is 38.3 Å². The first-order valence-electron chi connectivity index (χ1n) is 8.89. The number of aryl methyl sites for hydroxylation is 1. The van der Waals surface area contributed by atoms with Crippen LogP contribution < -0.4 is 10.1 Å². The molecule has 1 unspecified atom stereocenters. The molecule has 3 heteroatoms. The van der Waals surface area contributed by atoms with Gasteiger partial charge in [-0.2, -0.15) is 0 Å².